The molecule has 0 amide bonds. The van der Waals surface area contributed by atoms with Crippen LogP contribution in [0.4, 0.5) is 11.4 Å². The lowest BCUT2D eigenvalue weighted by Crippen LogP contribution is -2.19. The molecule has 0 aromatic heterocycles. The topological polar surface area (TPSA) is 122 Å². The number of nitro benzene ring substituents is 1. The Labute approximate surface area is 115 Å². The number of hydrogen-bond acceptors (Lipinski definition) is 6. The third-order valence-electron chi connectivity index (χ3n) is 2.61. The summed E-state index contributed by atoms with van der Waals surface area (Å²) in [4.78, 5) is 21.3. The van der Waals surface area contributed by atoms with Gasteiger partial charge in [-0.25, -0.2) is 4.79 Å². The van der Waals surface area contributed by atoms with E-state index >= 15 is 0 Å². The molecule has 1 unspecified atom stereocenters. The van der Waals surface area contributed by atoms with Gasteiger partial charge in [-0.1, -0.05) is 6.07 Å². The van der Waals surface area contributed by atoms with Gasteiger partial charge < -0.3 is 20.3 Å². The molecule has 0 bridgehead atoms. The van der Waals surface area contributed by atoms with E-state index in [1.165, 1.54) is 25.3 Å². The lowest BCUT2D eigenvalue weighted by atomic mass is 10.1. The first-order valence-corrected chi connectivity index (χ1v) is 5.89. The second-order valence-electron chi connectivity index (χ2n) is 4.09. The van der Waals surface area contributed by atoms with Crippen molar-refractivity contribution >= 4 is 17.3 Å². The molecular formula is C12H16N2O6. The maximum absolute atomic E-state index is 11.1. The molecule has 0 aliphatic heterocycles. The highest BCUT2D eigenvalue weighted by atomic mass is 16.6. The molecule has 1 atom stereocenters. The number of carboxylic acid groups (broad SMARTS) is 1. The number of nitro groups is 1. The number of para-hydroxylation sites is 1. The fourth-order valence-corrected chi connectivity index (χ4v) is 1.70. The number of carboxylic acids is 1. The van der Waals surface area contributed by atoms with Crippen LogP contribution in [0.25, 0.3) is 0 Å². The van der Waals surface area contributed by atoms with Gasteiger partial charge >= 0.3 is 5.97 Å². The molecule has 3 N–H and O–H groups in total. The van der Waals surface area contributed by atoms with Gasteiger partial charge in [0.1, 0.15) is 5.69 Å². The van der Waals surface area contributed by atoms with E-state index in [1.54, 1.807) is 0 Å². The van der Waals surface area contributed by atoms with E-state index < -0.39 is 17.0 Å². The van der Waals surface area contributed by atoms with Crippen LogP contribution in [0.15, 0.2) is 18.2 Å². The Kier molecular flexibility index (Phi) is 5.88. The van der Waals surface area contributed by atoms with Crippen molar-refractivity contribution < 1.29 is 24.7 Å². The van der Waals surface area contributed by atoms with E-state index in [4.69, 9.17) is 9.84 Å². The highest BCUT2D eigenvalue weighted by molar-refractivity contribution is 5.96. The van der Waals surface area contributed by atoms with E-state index in [1.807, 2.05) is 0 Å². The molecule has 0 spiro atoms. The highest BCUT2D eigenvalue weighted by Gasteiger charge is 2.21. The second-order valence-corrected chi connectivity index (χ2v) is 4.09. The molecule has 0 radical (unpaired) electrons. The zero-order chi connectivity index (χ0) is 15.1. The molecule has 1 aromatic rings. The quantitative estimate of drug-likeness (QED) is 0.482. The number of aliphatic hydroxyl groups excluding tert-OH is 1. The molecule has 0 saturated carbocycles. The van der Waals surface area contributed by atoms with Crippen molar-refractivity contribution in [3.8, 4) is 0 Å². The molecule has 0 aliphatic rings. The van der Waals surface area contributed by atoms with E-state index in [-0.39, 0.29) is 36.5 Å². The molecular weight excluding hydrogens is 268 g/mol. The number of nitrogens with one attached hydrogen (secondary N) is 1. The first kappa shape index (κ1) is 15.9. The molecule has 1 aromatic carbocycles. The van der Waals surface area contributed by atoms with Crippen molar-refractivity contribution in [2.75, 3.05) is 25.6 Å². The average Bonchev–Trinajstić information content (AvgIpc) is 2.38. The van der Waals surface area contributed by atoms with Crippen molar-refractivity contribution in [3.05, 3.63) is 33.9 Å². The Morgan fingerprint density at radius 2 is 2.25 bits per heavy atom. The molecule has 110 valence electrons. The Balaban J connectivity index is 2.86. The van der Waals surface area contributed by atoms with Crippen LogP contribution in [0.5, 0.6) is 0 Å². The Hall–Kier alpha value is -2.19. The van der Waals surface area contributed by atoms with Crippen LogP contribution in [0.1, 0.15) is 16.8 Å². The van der Waals surface area contributed by atoms with Crippen molar-refractivity contribution in [1.82, 2.24) is 0 Å². The summed E-state index contributed by atoms with van der Waals surface area (Å²) >= 11 is 0. The SMILES string of the molecule is COCC(O)CCNc1c(C(=O)O)cccc1[N+](=O)[O-]. The van der Waals surface area contributed by atoms with Gasteiger partial charge in [0.05, 0.1) is 23.2 Å². The summed E-state index contributed by atoms with van der Waals surface area (Å²) < 4.78 is 4.75. The number of nitrogens with zero attached hydrogens (tertiary/aromatic N) is 1. The maximum atomic E-state index is 11.1. The molecule has 0 aliphatic carbocycles. The maximum Gasteiger partial charge on any atom is 0.338 e. The number of methoxy groups -OCH3 is 1. The second kappa shape index (κ2) is 7.41. The van der Waals surface area contributed by atoms with Gasteiger partial charge in [-0.05, 0) is 12.5 Å². The Morgan fingerprint density at radius 1 is 1.55 bits per heavy atom. The Bertz CT molecular complexity index is 459. The van der Waals surface area contributed by atoms with Crippen molar-refractivity contribution in [2.24, 2.45) is 0 Å². The van der Waals surface area contributed by atoms with Gasteiger partial charge in [0.15, 0.2) is 0 Å². The van der Waals surface area contributed by atoms with Gasteiger partial charge in [-0.3, -0.25) is 10.1 Å². The molecule has 0 heterocycles. The smallest absolute Gasteiger partial charge is 0.338 e. The number of ether oxygens (including phenoxy) is 1. The highest BCUT2D eigenvalue weighted by Crippen LogP contribution is 2.28. The zero-order valence-corrected chi connectivity index (χ0v) is 10.9. The predicted octanol–water partition coefficient (Wildman–Crippen LogP) is 1.10. The number of benzene rings is 1. The molecule has 8 nitrogen and oxygen atoms in total. The lowest BCUT2D eigenvalue weighted by Gasteiger charge is -2.12. The van der Waals surface area contributed by atoms with Crippen LogP contribution < -0.4 is 5.32 Å². The molecule has 8 heteroatoms. The normalized spacial score (nSPS) is 11.9. The average molecular weight is 284 g/mol. The minimum atomic E-state index is -1.26. The number of anilines is 1. The summed E-state index contributed by atoms with van der Waals surface area (Å²) in [5, 5.41) is 32.1. The first-order valence-electron chi connectivity index (χ1n) is 5.89. The third-order valence-corrected chi connectivity index (χ3v) is 2.61. The van der Waals surface area contributed by atoms with Gasteiger partial charge in [0.25, 0.3) is 5.69 Å². The monoisotopic (exact) mass is 284 g/mol. The first-order chi connectivity index (χ1) is 9.47. The van der Waals surface area contributed by atoms with E-state index in [0.717, 1.165) is 0 Å². The predicted molar refractivity (Wildman–Crippen MR) is 71.0 cm³/mol. The van der Waals surface area contributed by atoms with Crippen LogP contribution in [0.3, 0.4) is 0 Å². The molecule has 1 rings (SSSR count). The molecule has 20 heavy (non-hydrogen) atoms. The summed E-state index contributed by atoms with van der Waals surface area (Å²) in [5.74, 6) is -1.26. The van der Waals surface area contributed by atoms with Crippen LogP contribution in [0.2, 0.25) is 0 Å². The summed E-state index contributed by atoms with van der Waals surface area (Å²) in [7, 11) is 1.45. The minimum Gasteiger partial charge on any atom is -0.478 e. The molecule has 0 saturated heterocycles. The Morgan fingerprint density at radius 3 is 2.80 bits per heavy atom. The van der Waals surface area contributed by atoms with Crippen molar-refractivity contribution in [3.63, 3.8) is 0 Å². The zero-order valence-electron chi connectivity index (χ0n) is 10.9. The van der Waals surface area contributed by atoms with E-state index in [0.29, 0.717) is 0 Å². The van der Waals surface area contributed by atoms with E-state index in [9.17, 15) is 20.0 Å². The number of aliphatic hydroxyl groups is 1. The van der Waals surface area contributed by atoms with Gasteiger partial charge in [0.2, 0.25) is 0 Å². The number of hydrogen-bond donors (Lipinski definition) is 3. The van der Waals surface area contributed by atoms with Gasteiger partial charge in [-0.2, -0.15) is 0 Å². The standard InChI is InChI=1S/C12H16N2O6/c1-20-7-8(15)5-6-13-11-9(12(16)17)3-2-4-10(11)14(18)19/h2-4,8,13,15H,5-7H2,1H3,(H,16,17). The van der Waals surface area contributed by atoms with Crippen LogP contribution >= 0.6 is 0 Å². The van der Waals surface area contributed by atoms with Gasteiger partial charge in [-0.15, -0.1) is 0 Å². The third kappa shape index (κ3) is 4.18. The van der Waals surface area contributed by atoms with Gasteiger partial charge in [0, 0.05) is 19.7 Å². The van der Waals surface area contributed by atoms with Crippen molar-refractivity contribution in [2.45, 2.75) is 12.5 Å². The fourth-order valence-electron chi connectivity index (χ4n) is 1.70. The lowest BCUT2D eigenvalue weighted by molar-refractivity contribution is -0.384. The fraction of sp³-hybridized carbons (Fsp3) is 0.417. The molecule has 0 fully saturated rings. The van der Waals surface area contributed by atoms with Crippen LogP contribution in [0, 0.1) is 10.1 Å². The number of aromatic carboxylic acids is 1. The minimum absolute atomic E-state index is 0.0605. The summed E-state index contributed by atoms with van der Waals surface area (Å²) in [6.07, 6.45) is -0.442. The summed E-state index contributed by atoms with van der Waals surface area (Å²) in [5.41, 5.74) is -0.554. The summed E-state index contributed by atoms with van der Waals surface area (Å²) in [6, 6.07) is 3.82. The van der Waals surface area contributed by atoms with Crippen molar-refractivity contribution in [1.29, 1.82) is 0 Å². The number of carbonyl (C=O) groups is 1. The largest absolute Gasteiger partial charge is 0.478 e. The number of rotatable bonds is 8. The summed E-state index contributed by atoms with van der Waals surface area (Å²) in [6.45, 7) is 0.333. The van der Waals surface area contributed by atoms with Crippen LogP contribution in [-0.4, -0.2) is 47.5 Å². The van der Waals surface area contributed by atoms with Crippen LogP contribution in [-0.2, 0) is 4.74 Å². The van der Waals surface area contributed by atoms with E-state index in [2.05, 4.69) is 5.32 Å².